The number of ether oxygens (including phenoxy) is 2. The third kappa shape index (κ3) is 5.39. The lowest BCUT2D eigenvalue weighted by Gasteiger charge is -2.36. The van der Waals surface area contributed by atoms with Crippen molar-refractivity contribution in [2.24, 2.45) is 0 Å². The van der Waals surface area contributed by atoms with Crippen molar-refractivity contribution in [3.63, 3.8) is 0 Å². The fourth-order valence-electron chi connectivity index (χ4n) is 4.20. The van der Waals surface area contributed by atoms with E-state index in [0.717, 1.165) is 5.56 Å². The fraction of sp³-hybridized carbons (Fsp3) is 0.308. The van der Waals surface area contributed by atoms with Gasteiger partial charge in [0.15, 0.2) is 0 Å². The van der Waals surface area contributed by atoms with Gasteiger partial charge in [-0.25, -0.2) is 16.8 Å². The van der Waals surface area contributed by atoms with Crippen LogP contribution in [0, 0.1) is 6.92 Å². The van der Waals surface area contributed by atoms with Gasteiger partial charge in [0.2, 0.25) is 10.0 Å². The van der Waals surface area contributed by atoms with Crippen molar-refractivity contribution in [1.82, 2.24) is 4.31 Å². The lowest BCUT2D eigenvalue weighted by Crippen LogP contribution is -2.48. The third-order valence-electron chi connectivity index (χ3n) is 6.48. The Morgan fingerprint density at radius 2 is 1.35 bits per heavy atom. The number of rotatable bonds is 8. The predicted octanol–water partition coefficient (Wildman–Crippen LogP) is 3.35. The zero-order valence-corrected chi connectivity index (χ0v) is 22.9. The number of anilines is 2. The summed E-state index contributed by atoms with van der Waals surface area (Å²) in [7, 11) is -2.92. The van der Waals surface area contributed by atoms with Crippen molar-refractivity contribution in [1.29, 1.82) is 0 Å². The Kier molecular flexibility index (Phi) is 7.67. The van der Waals surface area contributed by atoms with Gasteiger partial charge in [-0.1, -0.05) is 17.7 Å². The van der Waals surface area contributed by atoms with Crippen LogP contribution >= 0.6 is 0 Å². The molecule has 3 aromatic carbocycles. The minimum atomic E-state index is -3.87. The molecule has 0 unspecified atom stereocenters. The van der Waals surface area contributed by atoms with Crippen LogP contribution in [0.15, 0.2) is 76.5 Å². The zero-order chi connectivity index (χ0) is 26.8. The van der Waals surface area contributed by atoms with Gasteiger partial charge in [0.1, 0.15) is 11.5 Å². The van der Waals surface area contributed by atoms with E-state index in [1.165, 1.54) is 28.8 Å². The summed E-state index contributed by atoms with van der Waals surface area (Å²) in [5, 5.41) is 0. The number of benzene rings is 3. The first kappa shape index (κ1) is 26.8. The highest BCUT2D eigenvalue weighted by Gasteiger charge is 2.30. The monoisotopic (exact) mass is 545 g/mol. The summed E-state index contributed by atoms with van der Waals surface area (Å²) in [6.45, 7) is 3.22. The van der Waals surface area contributed by atoms with Crippen molar-refractivity contribution in [2.75, 3.05) is 56.7 Å². The number of piperazine rings is 1. The van der Waals surface area contributed by atoms with Crippen LogP contribution in [-0.2, 0) is 20.0 Å². The lowest BCUT2D eigenvalue weighted by molar-refractivity contribution is 0.378. The van der Waals surface area contributed by atoms with E-state index < -0.39 is 20.0 Å². The number of methoxy groups -OCH3 is 2. The van der Waals surface area contributed by atoms with Crippen molar-refractivity contribution in [2.45, 2.75) is 16.7 Å². The smallest absolute Gasteiger partial charge is 0.264 e. The minimum absolute atomic E-state index is 0.108. The number of hydrogen-bond acceptors (Lipinski definition) is 7. The third-order valence-corrected chi connectivity index (χ3v) is 10.2. The molecule has 0 spiro atoms. The Hall–Kier alpha value is -3.28. The van der Waals surface area contributed by atoms with Gasteiger partial charge in [0.05, 0.1) is 35.4 Å². The van der Waals surface area contributed by atoms with E-state index in [1.807, 2.05) is 11.8 Å². The molecule has 9 nitrogen and oxygen atoms in total. The Labute approximate surface area is 218 Å². The van der Waals surface area contributed by atoms with E-state index in [4.69, 9.17) is 9.47 Å². The van der Waals surface area contributed by atoms with Gasteiger partial charge in [-0.05, 0) is 61.5 Å². The van der Waals surface area contributed by atoms with E-state index in [1.54, 1.807) is 67.8 Å². The molecule has 0 radical (unpaired) electrons. The minimum Gasteiger partial charge on any atom is -0.497 e. The second-order valence-corrected chi connectivity index (χ2v) is 12.6. The molecular weight excluding hydrogens is 514 g/mol. The van der Waals surface area contributed by atoms with Crippen molar-refractivity contribution in [3.8, 4) is 11.5 Å². The molecule has 3 aromatic rings. The van der Waals surface area contributed by atoms with E-state index >= 15 is 0 Å². The molecule has 0 atom stereocenters. The first-order valence-corrected chi connectivity index (χ1v) is 14.6. The summed E-state index contributed by atoms with van der Waals surface area (Å²) in [6, 6.07) is 18.3. The van der Waals surface area contributed by atoms with Crippen LogP contribution < -0.4 is 18.7 Å². The van der Waals surface area contributed by atoms with E-state index in [2.05, 4.69) is 0 Å². The summed E-state index contributed by atoms with van der Waals surface area (Å²) >= 11 is 0. The van der Waals surface area contributed by atoms with Crippen LogP contribution in [0.3, 0.4) is 0 Å². The molecule has 0 amide bonds. The standard InChI is InChI=1S/C26H31N3O6S2/c1-20-5-11-23(12-6-20)37(32,33)29-17-15-28(16-18-29)25-19-24(13-14-26(25)35-4)36(30,31)27(2)21-7-9-22(34-3)10-8-21/h5-14,19H,15-18H2,1-4H3. The second-order valence-electron chi connectivity index (χ2n) is 8.71. The normalized spacial score (nSPS) is 14.9. The van der Waals surface area contributed by atoms with Crippen LogP contribution in [0.4, 0.5) is 11.4 Å². The van der Waals surface area contributed by atoms with Gasteiger partial charge in [-0.2, -0.15) is 4.31 Å². The quantitative estimate of drug-likeness (QED) is 0.428. The number of hydrogen-bond donors (Lipinski definition) is 0. The molecule has 198 valence electrons. The number of nitrogens with zero attached hydrogens (tertiary/aromatic N) is 3. The van der Waals surface area contributed by atoms with E-state index in [-0.39, 0.29) is 22.9 Å². The summed E-state index contributed by atoms with van der Waals surface area (Å²) in [6.07, 6.45) is 0. The maximum Gasteiger partial charge on any atom is 0.264 e. The predicted molar refractivity (Wildman–Crippen MR) is 144 cm³/mol. The summed E-state index contributed by atoms with van der Waals surface area (Å²) in [4.78, 5) is 2.32. The maximum atomic E-state index is 13.4. The molecule has 1 fully saturated rings. The topological polar surface area (TPSA) is 96.5 Å². The first-order valence-electron chi connectivity index (χ1n) is 11.7. The van der Waals surface area contributed by atoms with Gasteiger partial charge in [0.25, 0.3) is 10.0 Å². The van der Waals surface area contributed by atoms with Crippen LogP contribution in [0.1, 0.15) is 5.56 Å². The second kappa shape index (κ2) is 10.6. The fourth-order valence-corrected chi connectivity index (χ4v) is 6.83. The van der Waals surface area contributed by atoms with Crippen molar-refractivity contribution < 1.29 is 26.3 Å². The molecule has 0 bridgehead atoms. The molecule has 1 heterocycles. The van der Waals surface area contributed by atoms with E-state index in [0.29, 0.717) is 36.0 Å². The summed E-state index contributed by atoms with van der Waals surface area (Å²) < 4.78 is 66.4. The molecule has 4 rings (SSSR count). The molecule has 0 aliphatic carbocycles. The average Bonchev–Trinajstić information content (AvgIpc) is 2.92. The SMILES string of the molecule is COc1ccc(N(C)S(=O)(=O)c2ccc(OC)c(N3CCN(S(=O)(=O)c4ccc(C)cc4)CC3)c2)cc1. The van der Waals surface area contributed by atoms with Gasteiger partial charge in [-0.3, -0.25) is 4.31 Å². The molecule has 37 heavy (non-hydrogen) atoms. The zero-order valence-electron chi connectivity index (χ0n) is 21.3. The highest BCUT2D eigenvalue weighted by atomic mass is 32.2. The van der Waals surface area contributed by atoms with E-state index in [9.17, 15) is 16.8 Å². The molecular formula is C26H31N3O6S2. The maximum absolute atomic E-state index is 13.4. The van der Waals surface area contributed by atoms with Crippen LogP contribution in [-0.4, -0.2) is 68.6 Å². The van der Waals surface area contributed by atoms with Crippen molar-refractivity contribution in [3.05, 3.63) is 72.3 Å². The van der Waals surface area contributed by atoms with Crippen LogP contribution in [0.2, 0.25) is 0 Å². The van der Waals surface area contributed by atoms with Crippen molar-refractivity contribution >= 4 is 31.4 Å². The summed E-state index contributed by atoms with van der Waals surface area (Å²) in [5.41, 5.74) is 2.08. The highest BCUT2D eigenvalue weighted by molar-refractivity contribution is 7.92. The molecule has 1 aliphatic rings. The molecule has 0 N–H and O–H groups in total. The summed E-state index contributed by atoms with van der Waals surface area (Å²) in [5.74, 6) is 1.14. The Morgan fingerprint density at radius 3 is 1.92 bits per heavy atom. The first-order chi connectivity index (χ1) is 17.6. The molecule has 0 aromatic heterocycles. The Morgan fingerprint density at radius 1 is 0.757 bits per heavy atom. The Balaban J connectivity index is 1.56. The van der Waals surface area contributed by atoms with Gasteiger partial charge >= 0.3 is 0 Å². The highest BCUT2D eigenvalue weighted by Crippen LogP contribution is 2.34. The molecule has 11 heteroatoms. The van der Waals surface area contributed by atoms with Gasteiger partial charge < -0.3 is 14.4 Å². The van der Waals surface area contributed by atoms with Crippen LogP contribution in [0.5, 0.6) is 11.5 Å². The van der Waals surface area contributed by atoms with Gasteiger partial charge in [0, 0.05) is 33.2 Å². The number of aryl methyl sites for hydroxylation is 1. The average molecular weight is 546 g/mol. The Bertz CT molecular complexity index is 1450. The molecule has 1 saturated heterocycles. The molecule has 0 saturated carbocycles. The van der Waals surface area contributed by atoms with Crippen LogP contribution in [0.25, 0.3) is 0 Å². The molecule has 1 aliphatic heterocycles. The number of sulfonamides is 2. The van der Waals surface area contributed by atoms with Gasteiger partial charge in [-0.15, -0.1) is 0 Å². The lowest BCUT2D eigenvalue weighted by atomic mass is 10.2. The largest absolute Gasteiger partial charge is 0.497 e.